The highest BCUT2D eigenvalue weighted by Crippen LogP contribution is 2.21. The first kappa shape index (κ1) is 8.63. The minimum Gasteiger partial charge on any atom is -0.399 e. The molecule has 0 aliphatic heterocycles. The summed E-state index contributed by atoms with van der Waals surface area (Å²) in [4.78, 5) is 3.30. The third kappa shape index (κ3) is 2.65. The van der Waals surface area contributed by atoms with Gasteiger partial charge < -0.3 is 10.5 Å². The SMILES string of the molecule is Nc1ccnc(OC(F)(F)F)c1. The molecule has 0 radical (unpaired) electrons. The maximum absolute atomic E-state index is 11.6. The fourth-order valence-electron chi connectivity index (χ4n) is 0.599. The van der Waals surface area contributed by atoms with Crippen LogP contribution in [0.25, 0.3) is 0 Å². The topological polar surface area (TPSA) is 48.1 Å². The summed E-state index contributed by atoms with van der Waals surface area (Å²) in [6.07, 6.45) is -3.59. The van der Waals surface area contributed by atoms with Gasteiger partial charge in [-0.15, -0.1) is 13.2 Å². The summed E-state index contributed by atoms with van der Waals surface area (Å²) in [7, 11) is 0. The summed E-state index contributed by atoms with van der Waals surface area (Å²) in [5, 5.41) is 0. The molecule has 0 aliphatic rings. The monoisotopic (exact) mass is 178 g/mol. The number of anilines is 1. The molecular weight excluding hydrogens is 173 g/mol. The fourth-order valence-corrected chi connectivity index (χ4v) is 0.599. The van der Waals surface area contributed by atoms with Crippen LogP contribution in [0.2, 0.25) is 0 Å². The number of nitrogen functional groups attached to an aromatic ring is 1. The lowest BCUT2D eigenvalue weighted by Gasteiger charge is -2.07. The van der Waals surface area contributed by atoms with Gasteiger partial charge in [-0.1, -0.05) is 0 Å². The van der Waals surface area contributed by atoms with E-state index in [1.54, 1.807) is 0 Å². The molecule has 0 bridgehead atoms. The van der Waals surface area contributed by atoms with E-state index in [1.807, 2.05) is 0 Å². The quantitative estimate of drug-likeness (QED) is 0.709. The van der Waals surface area contributed by atoms with Gasteiger partial charge in [0.25, 0.3) is 0 Å². The van der Waals surface area contributed by atoms with E-state index < -0.39 is 12.2 Å². The average molecular weight is 178 g/mol. The van der Waals surface area contributed by atoms with Crippen molar-refractivity contribution in [3.05, 3.63) is 18.3 Å². The fraction of sp³-hybridized carbons (Fsp3) is 0.167. The van der Waals surface area contributed by atoms with Crippen LogP contribution in [0.1, 0.15) is 0 Å². The van der Waals surface area contributed by atoms with E-state index in [4.69, 9.17) is 5.73 Å². The lowest BCUT2D eigenvalue weighted by atomic mass is 10.4. The Morgan fingerprint density at radius 2 is 2.08 bits per heavy atom. The number of nitrogens with zero attached hydrogens (tertiary/aromatic N) is 1. The van der Waals surface area contributed by atoms with Crippen molar-refractivity contribution in [1.29, 1.82) is 0 Å². The zero-order chi connectivity index (χ0) is 9.19. The standard InChI is InChI=1S/C6H5F3N2O/c7-6(8,9)12-5-3-4(10)1-2-11-5/h1-3H,(H2,10,11). The van der Waals surface area contributed by atoms with Crippen molar-refractivity contribution in [2.75, 3.05) is 5.73 Å². The first-order valence-corrected chi connectivity index (χ1v) is 2.95. The predicted molar refractivity (Wildman–Crippen MR) is 35.3 cm³/mol. The summed E-state index contributed by atoms with van der Waals surface area (Å²) in [5.41, 5.74) is 5.36. The smallest absolute Gasteiger partial charge is 0.399 e. The van der Waals surface area contributed by atoms with E-state index in [0.717, 1.165) is 12.3 Å². The van der Waals surface area contributed by atoms with Crippen LogP contribution in [0.15, 0.2) is 18.3 Å². The third-order valence-electron chi connectivity index (χ3n) is 0.979. The van der Waals surface area contributed by atoms with Crippen LogP contribution in [-0.2, 0) is 0 Å². The Kier molecular flexibility index (Phi) is 2.07. The Morgan fingerprint density at radius 3 is 2.58 bits per heavy atom. The van der Waals surface area contributed by atoms with Crippen molar-refractivity contribution in [2.24, 2.45) is 0 Å². The van der Waals surface area contributed by atoms with Gasteiger partial charge in [0, 0.05) is 18.0 Å². The zero-order valence-corrected chi connectivity index (χ0v) is 5.80. The first-order chi connectivity index (χ1) is 5.47. The molecule has 1 heterocycles. The van der Waals surface area contributed by atoms with E-state index in [1.165, 1.54) is 6.07 Å². The van der Waals surface area contributed by atoms with Crippen molar-refractivity contribution in [3.8, 4) is 5.88 Å². The third-order valence-corrected chi connectivity index (χ3v) is 0.979. The van der Waals surface area contributed by atoms with E-state index >= 15 is 0 Å². The van der Waals surface area contributed by atoms with Gasteiger partial charge in [0.15, 0.2) is 0 Å². The summed E-state index contributed by atoms with van der Waals surface area (Å²) in [6.45, 7) is 0. The Balaban J connectivity index is 2.77. The van der Waals surface area contributed by atoms with Gasteiger partial charge in [0.05, 0.1) is 0 Å². The summed E-state index contributed by atoms with van der Waals surface area (Å²) in [6, 6.07) is 2.36. The highest BCUT2D eigenvalue weighted by atomic mass is 19.4. The van der Waals surface area contributed by atoms with Gasteiger partial charge >= 0.3 is 6.36 Å². The highest BCUT2D eigenvalue weighted by Gasteiger charge is 2.31. The van der Waals surface area contributed by atoms with Gasteiger partial charge in [-0.2, -0.15) is 0 Å². The minimum absolute atomic E-state index is 0.171. The summed E-state index contributed by atoms with van der Waals surface area (Å²) >= 11 is 0. The highest BCUT2D eigenvalue weighted by molar-refractivity contribution is 5.39. The molecule has 0 saturated heterocycles. The molecule has 0 aliphatic carbocycles. The number of alkyl halides is 3. The number of rotatable bonds is 1. The van der Waals surface area contributed by atoms with Crippen molar-refractivity contribution < 1.29 is 17.9 Å². The average Bonchev–Trinajstić information content (AvgIpc) is 1.82. The number of hydrogen-bond acceptors (Lipinski definition) is 3. The van der Waals surface area contributed by atoms with Crippen LogP contribution in [-0.4, -0.2) is 11.3 Å². The van der Waals surface area contributed by atoms with Gasteiger partial charge in [-0.3, -0.25) is 0 Å². The van der Waals surface area contributed by atoms with Crippen LogP contribution in [0.5, 0.6) is 5.88 Å². The molecule has 2 N–H and O–H groups in total. The molecule has 0 aromatic carbocycles. The van der Waals surface area contributed by atoms with E-state index in [9.17, 15) is 13.2 Å². The van der Waals surface area contributed by atoms with Crippen molar-refractivity contribution in [2.45, 2.75) is 6.36 Å². The number of nitrogens with two attached hydrogens (primary N) is 1. The minimum atomic E-state index is -4.72. The molecule has 1 rings (SSSR count). The molecule has 0 atom stereocenters. The first-order valence-electron chi connectivity index (χ1n) is 2.95. The maximum Gasteiger partial charge on any atom is 0.574 e. The van der Waals surface area contributed by atoms with Crippen molar-refractivity contribution in [1.82, 2.24) is 4.98 Å². The molecule has 0 unspecified atom stereocenters. The van der Waals surface area contributed by atoms with Gasteiger partial charge in [-0.25, -0.2) is 4.98 Å². The summed E-state index contributed by atoms with van der Waals surface area (Å²) < 4.78 is 38.2. The van der Waals surface area contributed by atoms with Gasteiger partial charge in [0.1, 0.15) is 0 Å². The largest absolute Gasteiger partial charge is 0.574 e. The second-order valence-electron chi connectivity index (χ2n) is 1.98. The molecule has 0 fully saturated rings. The molecule has 1 aromatic rings. The van der Waals surface area contributed by atoms with Gasteiger partial charge in [0.2, 0.25) is 5.88 Å². The predicted octanol–water partition coefficient (Wildman–Crippen LogP) is 1.56. The number of ether oxygens (including phenoxy) is 1. The maximum atomic E-state index is 11.6. The van der Waals surface area contributed by atoms with Crippen LogP contribution in [0, 0.1) is 0 Å². The second-order valence-corrected chi connectivity index (χ2v) is 1.98. The molecule has 3 nitrogen and oxygen atoms in total. The molecule has 6 heteroatoms. The van der Waals surface area contributed by atoms with Crippen LogP contribution >= 0.6 is 0 Å². The molecule has 66 valence electrons. The van der Waals surface area contributed by atoms with Gasteiger partial charge in [-0.05, 0) is 6.07 Å². The Bertz CT molecular complexity index is 274. The molecule has 1 aromatic heterocycles. The lowest BCUT2D eigenvalue weighted by molar-refractivity contribution is -0.276. The Labute approximate surface area is 66.0 Å². The molecule has 0 spiro atoms. The van der Waals surface area contributed by atoms with Crippen LogP contribution in [0.4, 0.5) is 18.9 Å². The lowest BCUT2D eigenvalue weighted by Crippen LogP contribution is -2.17. The van der Waals surface area contributed by atoms with E-state index in [2.05, 4.69) is 9.72 Å². The van der Waals surface area contributed by atoms with E-state index in [0.29, 0.717) is 0 Å². The zero-order valence-electron chi connectivity index (χ0n) is 5.80. The van der Waals surface area contributed by atoms with Crippen LogP contribution < -0.4 is 10.5 Å². The van der Waals surface area contributed by atoms with Crippen LogP contribution in [0.3, 0.4) is 0 Å². The Morgan fingerprint density at radius 1 is 1.42 bits per heavy atom. The molecular formula is C6H5F3N2O. The second kappa shape index (κ2) is 2.88. The number of halogens is 3. The van der Waals surface area contributed by atoms with Crippen molar-refractivity contribution >= 4 is 5.69 Å². The summed E-state index contributed by atoms with van der Waals surface area (Å²) in [5.74, 6) is -0.553. The Hall–Kier alpha value is -1.46. The number of pyridine rings is 1. The number of aromatic nitrogens is 1. The molecule has 0 saturated carbocycles. The van der Waals surface area contributed by atoms with E-state index in [-0.39, 0.29) is 5.69 Å². The molecule has 0 amide bonds. The number of hydrogen-bond donors (Lipinski definition) is 1. The normalized spacial score (nSPS) is 11.2. The molecule has 12 heavy (non-hydrogen) atoms. The van der Waals surface area contributed by atoms with Crippen molar-refractivity contribution in [3.63, 3.8) is 0 Å².